The van der Waals surface area contributed by atoms with Crippen molar-refractivity contribution in [1.29, 1.82) is 0 Å². The molecule has 5 nitrogen and oxygen atoms in total. The normalized spacial score (nSPS) is 20.0. The summed E-state index contributed by atoms with van der Waals surface area (Å²) in [5, 5.41) is 3.39. The van der Waals surface area contributed by atoms with Gasteiger partial charge in [0.25, 0.3) is 0 Å². The first-order valence-corrected chi connectivity index (χ1v) is 6.91. The number of carbonyl (C=O) groups is 1. The number of aryl methyl sites for hydroxylation is 1. The van der Waals surface area contributed by atoms with Gasteiger partial charge >= 0.3 is 0 Å². The number of nitrogens with one attached hydrogen (secondary N) is 1. The summed E-state index contributed by atoms with van der Waals surface area (Å²) in [7, 11) is 0. The number of aromatic nitrogens is 2. The van der Waals surface area contributed by atoms with Crippen molar-refractivity contribution in [2.24, 2.45) is 5.73 Å². The summed E-state index contributed by atoms with van der Waals surface area (Å²) in [6.45, 7) is 8.05. The number of hydrogen-bond acceptors (Lipinski definition) is 3. The lowest BCUT2D eigenvalue weighted by atomic mass is 9.92. The second-order valence-corrected chi connectivity index (χ2v) is 5.99. The van der Waals surface area contributed by atoms with Crippen LogP contribution in [0, 0.1) is 13.8 Å². The third kappa shape index (κ3) is 2.97. The van der Waals surface area contributed by atoms with E-state index in [1.165, 1.54) is 0 Å². The van der Waals surface area contributed by atoms with Gasteiger partial charge in [-0.3, -0.25) is 4.79 Å². The molecule has 19 heavy (non-hydrogen) atoms. The zero-order valence-corrected chi connectivity index (χ0v) is 12.2. The molecule has 2 unspecified atom stereocenters. The van der Waals surface area contributed by atoms with Crippen LogP contribution in [-0.2, 0) is 4.79 Å². The number of nitrogens with two attached hydrogens (primary N) is 1. The number of carbonyl (C=O) groups excluding carboxylic acids is 1. The lowest BCUT2D eigenvalue weighted by molar-refractivity contribution is -0.124. The molecule has 1 saturated carbocycles. The SMILES string of the molecule is Cc1ncn(C(C)CC(C)(NC2CC2)C(N)=O)c1C. The molecule has 0 aromatic carbocycles. The Morgan fingerprint density at radius 3 is 2.68 bits per heavy atom. The molecule has 1 heterocycles. The number of imidazole rings is 1. The first-order valence-electron chi connectivity index (χ1n) is 6.91. The van der Waals surface area contributed by atoms with Gasteiger partial charge in [-0.2, -0.15) is 0 Å². The number of rotatable bonds is 6. The highest BCUT2D eigenvalue weighted by Crippen LogP contribution is 2.28. The molecule has 1 aromatic heterocycles. The van der Waals surface area contributed by atoms with Gasteiger partial charge in [0.05, 0.1) is 17.6 Å². The Bertz CT molecular complexity index is 478. The van der Waals surface area contributed by atoms with Crippen LogP contribution in [0.25, 0.3) is 0 Å². The second kappa shape index (κ2) is 4.96. The molecular formula is C14H24N4O. The van der Waals surface area contributed by atoms with Crippen molar-refractivity contribution in [3.8, 4) is 0 Å². The Labute approximate surface area is 114 Å². The Balaban J connectivity index is 2.12. The van der Waals surface area contributed by atoms with E-state index in [9.17, 15) is 4.79 Å². The minimum absolute atomic E-state index is 0.185. The predicted molar refractivity (Wildman–Crippen MR) is 74.8 cm³/mol. The molecule has 0 radical (unpaired) electrons. The molecule has 0 aliphatic heterocycles. The lowest BCUT2D eigenvalue weighted by Crippen LogP contribution is -2.55. The summed E-state index contributed by atoms with van der Waals surface area (Å²) in [4.78, 5) is 16.1. The molecule has 0 bridgehead atoms. The molecule has 5 heteroatoms. The van der Waals surface area contributed by atoms with Crippen LogP contribution in [0.4, 0.5) is 0 Å². The first kappa shape index (κ1) is 14.1. The average molecular weight is 264 g/mol. The van der Waals surface area contributed by atoms with E-state index in [4.69, 9.17) is 5.73 Å². The van der Waals surface area contributed by atoms with E-state index in [0.717, 1.165) is 24.2 Å². The van der Waals surface area contributed by atoms with E-state index in [1.54, 1.807) is 0 Å². The number of hydrogen-bond donors (Lipinski definition) is 2. The fourth-order valence-corrected chi connectivity index (χ4v) is 2.56. The van der Waals surface area contributed by atoms with Crippen LogP contribution in [0.5, 0.6) is 0 Å². The number of nitrogens with zero attached hydrogens (tertiary/aromatic N) is 2. The fourth-order valence-electron chi connectivity index (χ4n) is 2.56. The van der Waals surface area contributed by atoms with Gasteiger partial charge in [-0.15, -0.1) is 0 Å². The van der Waals surface area contributed by atoms with Crippen LogP contribution in [0.15, 0.2) is 6.33 Å². The molecule has 2 rings (SSSR count). The maximum Gasteiger partial charge on any atom is 0.237 e. The molecule has 2 atom stereocenters. The highest BCUT2D eigenvalue weighted by atomic mass is 16.1. The Morgan fingerprint density at radius 1 is 1.63 bits per heavy atom. The third-order valence-electron chi connectivity index (χ3n) is 4.11. The summed E-state index contributed by atoms with van der Waals surface area (Å²) < 4.78 is 2.12. The Morgan fingerprint density at radius 2 is 2.26 bits per heavy atom. The summed E-state index contributed by atoms with van der Waals surface area (Å²) >= 11 is 0. The summed E-state index contributed by atoms with van der Waals surface area (Å²) in [5.41, 5.74) is 7.12. The molecule has 1 fully saturated rings. The number of primary amides is 1. The van der Waals surface area contributed by atoms with Gasteiger partial charge in [0.1, 0.15) is 0 Å². The van der Waals surface area contributed by atoms with Crippen molar-refractivity contribution in [2.45, 2.75) is 64.6 Å². The van der Waals surface area contributed by atoms with E-state index >= 15 is 0 Å². The van der Waals surface area contributed by atoms with Crippen molar-refractivity contribution in [2.75, 3.05) is 0 Å². The van der Waals surface area contributed by atoms with Crippen LogP contribution in [0.3, 0.4) is 0 Å². The van der Waals surface area contributed by atoms with Crippen molar-refractivity contribution in [3.05, 3.63) is 17.7 Å². The highest BCUT2D eigenvalue weighted by Gasteiger charge is 2.38. The van der Waals surface area contributed by atoms with Gasteiger partial charge in [0.15, 0.2) is 0 Å². The maximum atomic E-state index is 11.8. The quantitative estimate of drug-likeness (QED) is 0.816. The second-order valence-electron chi connectivity index (χ2n) is 5.99. The number of amides is 1. The van der Waals surface area contributed by atoms with Crippen molar-refractivity contribution >= 4 is 5.91 Å². The molecular weight excluding hydrogens is 240 g/mol. The van der Waals surface area contributed by atoms with Crippen LogP contribution < -0.4 is 11.1 Å². The summed E-state index contributed by atoms with van der Waals surface area (Å²) in [6.07, 6.45) is 4.80. The first-order chi connectivity index (χ1) is 8.83. The average Bonchev–Trinajstić information content (AvgIpc) is 3.05. The van der Waals surface area contributed by atoms with E-state index in [2.05, 4.69) is 28.7 Å². The van der Waals surface area contributed by atoms with Gasteiger partial charge in [0, 0.05) is 17.8 Å². The van der Waals surface area contributed by atoms with Gasteiger partial charge in [0.2, 0.25) is 5.91 Å². The molecule has 1 aliphatic carbocycles. The van der Waals surface area contributed by atoms with Crippen molar-refractivity contribution in [1.82, 2.24) is 14.9 Å². The summed E-state index contributed by atoms with van der Waals surface area (Å²) in [6, 6.07) is 0.639. The fraction of sp³-hybridized carbons (Fsp3) is 0.714. The molecule has 106 valence electrons. The molecule has 0 saturated heterocycles. The third-order valence-corrected chi connectivity index (χ3v) is 4.11. The van der Waals surface area contributed by atoms with E-state index < -0.39 is 5.54 Å². The minimum Gasteiger partial charge on any atom is -0.368 e. The van der Waals surface area contributed by atoms with Gasteiger partial charge in [-0.25, -0.2) is 4.98 Å². The molecule has 1 amide bonds. The maximum absolute atomic E-state index is 11.8. The molecule has 1 aromatic rings. The van der Waals surface area contributed by atoms with Gasteiger partial charge in [-0.1, -0.05) is 0 Å². The molecule has 3 N–H and O–H groups in total. The van der Waals surface area contributed by atoms with Crippen molar-refractivity contribution in [3.63, 3.8) is 0 Å². The van der Waals surface area contributed by atoms with Gasteiger partial charge < -0.3 is 15.6 Å². The molecule has 0 spiro atoms. The topological polar surface area (TPSA) is 72.9 Å². The zero-order chi connectivity index (χ0) is 14.2. The van der Waals surface area contributed by atoms with Crippen LogP contribution in [0.2, 0.25) is 0 Å². The highest BCUT2D eigenvalue weighted by molar-refractivity contribution is 5.84. The zero-order valence-electron chi connectivity index (χ0n) is 12.2. The lowest BCUT2D eigenvalue weighted by Gasteiger charge is -2.31. The van der Waals surface area contributed by atoms with E-state index in [0.29, 0.717) is 12.5 Å². The van der Waals surface area contributed by atoms with Gasteiger partial charge in [-0.05, 0) is 47.0 Å². The smallest absolute Gasteiger partial charge is 0.237 e. The molecule has 1 aliphatic rings. The van der Waals surface area contributed by atoms with Crippen LogP contribution in [-0.4, -0.2) is 27.0 Å². The standard InChI is InChI=1S/C14H24N4O/c1-9(18-8-16-10(2)11(18)3)7-14(4,13(15)19)17-12-5-6-12/h8-9,12,17H,5-7H2,1-4H3,(H2,15,19). The van der Waals surface area contributed by atoms with E-state index in [-0.39, 0.29) is 11.9 Å². The van der Waals surface area contributed by atoms with Crippen molar-refractivity contribution < 1.29 is 4.79 Å². The van der Waals surface area contributed by atoms with E-state index in [1.807, 2.05) is 20.2 Å². The van der Waals surface area contributed by atoms with Crippen LogP contribution in [0.1, 0.15) is 50.5 Å². The largest absolute Gasteiger partial charge is 0.368 e. The Hall–Kier alpha value is -1.36. The predicted octanol–water partition coefficient (Wildman–Crippen LogP) is 1.45. The summed E-state index contributed by atoms with van der Waals surface area (Å²) in [5.74, 6) is -0.277. The van der Waals surface area contributed by atoms with Crippen LogP contribution >= 0.6 is 0 Å². The monoisotopic (exact) mass is 264 g/mol. The Kier molecular flexibility index (Phi) is 3.67. The minimum atomic E-state index is -0.648.